The van der Waals surface area contributed by atoms with E-state index in [2.05, 4.69) is 0 Å². The molecule has 0 atom stereocenters. The summed E-state index contributed by atoms with van der Waals surface area (Å²) in [6.45, 7) is 0. The molecule has 0 heterocycles. The van der Waals surface area contributed by atoms with E-state index in [1.165, 1.54) is 0 Å². The minimum absolute atomic E-state index is 0. The standard InChI is InChI=1S/Al.7H2O.O/h;7*1H2;/q+3;;;;;;;;-2/p-1. The summed E-state index contributed by atoms with van der Waals surface area (Å²) < 4.78 is 0. The molecule has 9 heteroatoms. The molecule has 0 amide bonds. The van der Waals surface area contributed by atoms with Crippen LogP contribution in [0.2, 0.25) is 0 Å². The molecule has 0 aromatic heterocycles. The minimum atomic E-state index is 0. The van der Waals surface area contributed by atoms with Gasteiger partial charge in [0.1, 0.15) is 0 Å². The molecule has 0 aliphatic heterocycles. The molecule has 0 radical (unpaired) electrons. The molecule has 0 bridgehead atoms. The Labute approximate surface area is 62.1 Å². The van der Waals surface area contributed by atoms with Gasteiger partial charge in [0.05, 0.1) is 0 Å². The van der Waals surface area contributed by atoms with Crippen molar-refractivity contribution in [3.8, 4) is 0 Å². The van der Waals surface area contributed by atoms with Crippen LogP contribution < -0.4 is 0 Å². The Bertz CT molecular complexity index is 4.53. The fourth-order valence-electron chi connectivity index (χ4n) is 0. The van der Waals surface area contributed by atoms with E-state index < -0.39 is 0 Å². The monoisotopic (exact) mass is 168 g/mol. The first-order valence-corrected chi connectivity index (χ1v) is 0. The molecule has 9 heavy (non-hydrogen) atoms. The molecule has 0 aromatic carbocycles. The predicted molar refractivity (Wildman–Crippen MR) is 30.1 cm³/mol. The summed E-state index contributed by atoms with van der Waals surface area (Å²) in [5.41, 5.74) is 0. The van der Waals surface area contributed by atoms with Crippen molar-refractivity contribution in [2.75, 3.05) is 0 Å². The number of hydrogen-bond acceptors (Lipinski definition) is 1. The SMILES string of the molecule is O.O.O.O.O.O.[Al+3].[O-2].[OH-]. The molecule has 0 unspecified atom stereocenters. The summed E-state index contributed by atoms with van der Waals surface area (Å²) in [6.07, 6.45) is 0. The topological polar surface area (TPSA) is 248 Å². The quantitative estimate of drug-likeness (QED) is 0.315. The normalized spacial score (nSPS) is 0. The van der Waals surface area contributed by atoms with Crippen molar-refractivity contribution in [3.05, 3.63) is 0 Å². The summed E-state index contributed by atoms with van der Waals surface area (Å²) >= 11 is 0. The summed E-state index contributed by atoms with van der Waals surface area (Å²) in [4.78, 5) is 0. The van der Waals surface area contributed by atoms with Crippen LogP contribution in [0.5, 0.6) is 0 Å². The number of rotatable bonds is 0. The Morgan fingerprint density at radius 1 is 0.444 bits per heavy atom. The summed E-state index contributed by atoms with van der Waals surface area (Å²) in [5.74, 6) is 0. The van der Waals surface area contributed by atoms with Crippen LogP contribution in [-0.4, -0.2) is 55.7 Å². The van der Waals surface area contributed by atoms with E-state index >= 15 is 0 Å². The number of hydrogen-bond donors (Lipinski definition) is 0. The molecule has 0 saturated carbocycles. The Morgan fingerprint density at radius 2 is 0.444 bits per heavy atom. The zero-order chi connectivity index (χ0) is 0. The van der Waals surface area contributed by atoms with Gasteiger partial charge in [-0.2, -0.15) is 0 Å². The maximum Gasteiger partial charge on any atom is 3.00 e. The molecule has 64 valence electrons. The van der Waals surface area contributed by atoms with Gasteiger partial charge in [0.25, 0.3) is 0 Å². The van der Waals surface area contributed by atoms with Gasteiger partial charge in [0.2, 0.25) is 0 Å². The second kappa shape index (κ2) is 9460. The Hall–Kier alpha value is 0.212. The van der Waals surface area contributed by atoms with Crippen LogP contribution in [0.15, 0.2) is 0 Å². The van der Waals surface area contributed by atoms with Gasteiger partial charge >= 0.3 is 17.4 Å². The van der Waals surface area contributed by atoms with Gasteiger partial charge in [-0.3, -0.25) is 0 Å². The molecule has 0 fully saturated rings. The van der Waals surface area contributed by atoms with Gasteiger partial charge in [-0.1, -0.05) is 0 Å². The van der Waals surface area contributed by atoms with Crippen LogP contribution >= 0.6 is 0 Å². The smallest absolute Gasteiger partial charge is 2.00 e. The molecule has 0 aliphatic carbocycles. The van der Waals surface area contributed by atoms with E-state index in [-0.39, 0.29) is 61.2 Å². The van der Waals surface area contributed by atoms with Gasteiger partial charge in [-0.25, -0.2) is 0 Å². The van der Waals surface area contributed by atoms with E-state index in [9.17, 15) is 0 Å². The summed E-state index contributed by atoms with van der Waals surface area (Å²) in [7, 11) is 0. The second-order valence-electron chi connectivity index (χ2n) is 0. The van der Waals surface area contributed by atoms with Crippen molar-refractivity contribution in [1.29, 1.82) is 0 Å². The summed E-state index contributed by atoms with van der Waals surface area (Å²) in [5, 5.41) is 0. The van der Waals surface area contributed by atoms with Gasteiger partial charge in [0, 0.05) is 0 Å². The fraction of sp³-hybridized carbons (Fsp3) is 0. The zero-order valence-electron chi connectivity index (χ0n) is 4.43. The third-order valence-electron chi connectivity index (χ3n) is 0. The van der Waals surface area contributed by atoms with Gasteiger partial charge in [-0.15, -0.1) is 0 Å². The predicted octanol–water partition coefficient (Wildman–Crippen LogP) is -5.62. The molecule has 8 nitrogen and oxygen atoms in total. The molecule has 0 rings (SSSR count). The van der Waals surface area contributed by atoms with E-state index in [1.54, 1.807) is 0 Å². The maximum atomic E-state index is 0. The Morgan fingerprint density at radius 3 is 0.444 bits per heavy atom. The molecule has 0 saturated heterocycles. The van der Waals surface area contributed by atoms with Crippen molar-refractivity contribution < 1.29 is 43.8 Å². The van der Waals surface area contributed by atoms with Crippen LogP contribution in [0.1, 0.15) is 0 Å². The van der Waals surface area contributed by atoms with Crippen molar-refractivity contribution in [2.45, 2.75) is 0 Å². The molecule has 0 aromatic rings. The van der Waals surface area contributed by atoms with Gasteiger partial charge in [-0.05, 0) is 0 Å². The fourth-order valence-corrected chi connectivity index (χ4v) is 0. The first kappa shape index (κ1) is 13800. The van der Waals surface area contributed by atoms with Crippen molar-refractivity contribution in [1.82, 2.24) is 0 Å². The maximum absolute atomic E-state index is 0. The first-order chi connectivity index (χ1) is 0. The van der Waals surface area contributed by atoms with Crippen molar-refractivity contribution in [3.63, 3.8) is 0 Å². The summed E-state index contributed by atoms with van der Waals surface area (Å²) in [6, 6.07) is 0. The van der Waals surface area contributed by atoms with Gasteiger partial charge in [0.15, 0.2) is 0 Å². The van der Waals surface area contributed by atoms with Crippen LogP contribution in [0.4, 0.5) is 0 Å². The molecular weight excluding hydrogens is 155 g/mol. The third kappa shape index (κ3) is 7020. The van der Waals surface area contributed by atoms with Crippen LogP contribution in [0.25, 0.3) is 0 Å². The third-order valence-corrected chi connectivity index (χ3v) is 0. The Balaban J connectivity index is 0. The van der Waals surface area contributed by atoms with E-state index in [4.69, 9.17) is 0 Å². The van der Waals surface area contributed by atoms with E-state index in [1.807, 2.05) is 0 Å². The largest absolute Gasteiger partial charge is 3.00 e. The van der Waals surface area contributed by atoms with Crippen LogP contribution in [-0.2, 0) is 5.48 Å². The van der Waals surface area contributed by atoms with Crippen molar-refractivity contribution >= 4 is 17.4 Å². The minimum Gasteiger partial charge on any atom is -2.00 e. The van der Waals surface area contributed by atoms with Crippen LogP contribution in [0.3, 0.4) is 0 Å². The molecule has 0 spiro atoms. The second-order valence-corrected chi connectivity index (χ2v) is 0. The molecular formula is H13AlO8. The first-order valence-electron chi connectivity index (χ1n) is 0. The van der Waals surface area contributed by atoms with Crippen molar-refractivity contribution in [2.24, 2.45) is 0 Å². The Kier molecular flexibility index (Phi) is 14500000. The average Bonchev–Trinajstić information content (AvgIpc) is 0. The molecule has 13 N–H and O–H groups in total. The average molecular weight is 168 g/mol. The zero-order valence-corrected chi connectivity index (χ0v) is 5.59. The van der Waals surface area contributed by atoms with E-state index in [0.717, 1.165) is 0 Å². The van der Waals surface area contributed by atoms with Crippen LogP contribution in [0, 0.1) is 0 Å². The molecule has 0 aliphatic rings. The van der Waals surface area contributed by atoms with E-state index in [0.29, 0.717) is 0 Å². The van der Waals surface area contributed by atoms with Gasteiger partial charge < -0.3 is 43.8 Å².